The van der Waals surface area contributed by atoms with Crippen molar-refractivity contribution in [1.82, 2.24) is 9.62 Å². The van der Waals surface area contributed by atoms with Crippen LogP contribution in [0.2, 0.25) is 0 Å². The first kappa shape index (κ1) is 17.7. The smallest absolute Gasteiger partial charge is 0.235 e. The standard InChI is InChI=1S/C15H17BrN2O4S/c1-23(20,21)18(10-12-4-6-13(16)7-5-12)11-15(19)17-9-14-3-2-8-22-14/h2-8H,9-11H2,1H3,(H,17,19). The lowest BCUT2D eigenvalue weighted by atomic mass is 10.2. The summed E-state index contributed by atoms with van der Waals surface area (Å²) in [6.45, 7) is 0.123. The van der Waals surface area contributed by atoms with Crippen LogP contribution in [0.25, 0.3) is 0 Å². The summed E-state index contributed by atoms with van der Waals surface area (Å²) >= 11 is 3.33. The number of amides is 1. The van der Waals surface area contributed by atoms with Crippen LogP contribution >= 0.6 is 15.9 Å². The van der Waals surface area contributed by atoms with E-state index in [-0.39, 0.29) is 25.5 Å². The number of nitrogens with one attached hydrogen (secondary N) is 1. The van der Waals surface area contributed by atoms with Crippen LogP contribution in [0.1, 0.15) is 11.3 Å². The minimum absolute atomic E-state index is 0.139. The highest BCUT2D eigenvalue weighted by molar-refractivity contribution is 9.10. The number of furan rings is 1. The number of hydrogen-bond acceptors (Lipinski definition) is 4. The van der Waals surface area contributed by atoms with Crippen molar-refractivity contribution in [1.29, 1.82) is 0 Å². The first-order chi connectivity index (χ1) is 10.8. The van der Waals surface area contributed by atoms with E-state index in [2.05, 4.69) is 21.2 Å². The molecule has 0 bridgehead atoms. The summed E-state index contributed by atoms with van der Waals surface area (Å²) in [4.78, 5) is 12.0. The number of carbonyl (C=O) groups excluding carboxylic acids is 1. The lowest BCUT2D eigenvalue weighted by Gasteiger charge is -2.19. The third kappa shape index (κ3) is 5.81. The van der Waals surface area contributed by atoms with Gasteiger partial charge in [0.15, 0.2) is 0 Å². The molecule has 1 N–H and O–H groups in total. The first-order valence-electron chi connectivity index (χ1n) is 6.83. The third-order valence-electron chi connectivity index (χ3n) is 3.10. The molecule has 0 aliphatic rings. The van der Waals surface area contributed by atoms with E-state index in [9.17, 15) is 13.2 Å². The van der Waals surface area contributed by atoms with E-state index in [0.29, 0.717) is 5.76 Å². The number of benzene rings is 1. The van der Waals surface area contributed by atoms with E-state index in [1.54, 1.807) is 12.1 Å². The molecule has 1 amide bonds. The maximum Gasteiger partial charge on any atom is 0.235 e. The van der Waals surface area contributed by atoms with Gasteiger partial charge in [0.05, 0.1) is 25.6 Å². The molecule has 0 spiro atoms. The topological polar surface area (TPSA) is 79.6 Å². The molecule has 0 radical (unpaired) electrons. The SMILES string of the molecule is CS(=O)(=O)N(CC(=O)NCc1ccco1)Cc1ccc(Br)cc1. The normalized spacial score (nSPS) is 11.6. The van der Waals surface area contributed by atoms with Gasteiger partial charge in [-0.25, -0.2) is 8.42 Å². The van der Waals surface area contributed by atoms with Crippen LogP contribution in [0.5, 0.6) is 0 Å². The summed E-state index contributed by atoms with van der Waals surface area (Å²) in [5.74, 6) is 0.223. The van der Waals surface area contributed by atoms with Gasteiger partial charge in [-0.05, 0) is 29.8 Å². The van der Waals surface area contributed by atoms with E-state index in [0.717, 1.165) is 20.6 Å². The van der Waals surface area contributed by atoms with E-state index in [1.807, 2.05) is 24.3 Å². The molecule has 0 saturated heterocycles. The fraction of sp³-hybridized carbons (Fsp3) is 0.267. The van der Waals surface area contributed by atoms with Crippen molar-refractivity contribution in [3.05, 3.63) is 58.5 Å². The fourth-order valence-electron chi connectivity index (χ4n) is 1.90. The molecule has 0 atom stereocenters. The molecule has 0 aliphatic heterocycles. The molecule has 2 aromatic rings. The molecule has 1 aromatic heterocycles. The molecule has 1 heterocycles. The van der Waals surface area contributed by atoms with E-state index in [1.165, 1.54) is 6.26 Å². The lowest BCUT2D eigenvalue weighted by molar-refractivity contribution is -0.121. The molecular formula is C15H17BrN2O4S. The van der Waals surface area contributed by atoms with Crippen LogP contribution in [-0.4, -0.2) is 31.4 Å². The molecule has 0 aliphatic carbocycles. The highest BCUT2D eigenvalue weighted by Crippen LogP contribution is 2.13. The fourth-order valence-corrected chi connectivity index (χ4v) is 2.90. The van der Waals surface area contributed by atoms with Crippen molar-refractivity contribution in [3.8, 4) is 0 Å². The van der Waals surface area contributed by atoms with Gasteiger partial charge >= 0.3 is 0 Å². The van der Waals surface area contributed by atoms with Gasteiger partial charge in [-0.1, -0.05) is 28.1 Å². The van der Waals surface area contributed by atoms with Crippen LogP contribution in [0.15, 0.2) is 51.6 Å². The Morgan fingerprint density at radius 2 is 1.96 bits per heavy atom. The monoisotopic (exact) mass is 400 g/mol. The minimum atomic E-state index is -3.50. The van der Waals surface area contributed by atoms with Crippen molar-refractivity contribution < 1.29 is 17.6 Å². The van der Waals surface area contributed by atoms with Crippen LogP contribution in [0.3, 0.4) is 0 Å². The van der Waals surface area contributed by atoms with Gasteiger partial charge in [-0.2, -0.15) is 4.31 Å². The first-order valence-corrected chi connectivity index (χ1v) is 9.47. The van der Waals surface area contributed by atoms with Crippen LogP contribution in [0, 0.1) is 0 Å². The summed E-state index contributed by atoms with van der Waals surface area (Å²) < 4.78 is 30.9. The van der Waals surface area contributed by atoms with Gasteiger partial charge in [0.25, 0.3) is 0 Å². The molecule has 1 aromatic carbocycles. The Morgan fingerprint density at radius 3 is 2.52 bits per heavy atom. The van der Waals surface area contributed by atoms with Gasteiger partial charge in [-0.15, -0.1) is 0 Å². The summed E-state index contributed by atoms with van der Waals surface area (Å²) in [6.07, 6.45) is 2.60. The highest BCUT2D eigenvalue weighted by atomic mass is 79.9. The number of halogens is 1. The van der Waals surface area contributed by atoms with E-state index < -0.39 is 10.0 Å². The van der Waals surface area contributed by atoms with Gasteiger partial charge in [-0.3, -0.25) is 4.79 Å². The van der Waals surface area contributed by atoms with Crippen molar-refractivity contribution >= 4 is 31.9 Å². The zero-order valence-electron chi connectivity index (χ0n) is 12.5. The molecular weight excluding hydrogens is 384 g/mol. The average Bonchev–Trinajstić information content (AvgIpc) is 2.99. The predicted molar refractivity (Wildman–Crippen MR) is 90.0 cm³/mol. The molecule has 0 saturated carbocycles. The summed E-state index contributed by atoms with van der Waals surface area (Å²) in [7, 11) is -3.50. The van der Waals surface area contributed by atoms with Gasteiger partial charge in [0, 0.05) is 11.0 Å². The maximum atomic E-state index is 12.0. The van der Waals surface area contributed by atoms with E-state index in [4.69, 9.17) is 4.42 Å². The van der Waals surface area contributed by atoms with Crippen molar-refractivity contribution in [2.75, 3.05) is 12.8 Å². The number of rotatable bonds is 7. The van der Waals surface area contributed by atoms with Gasteiger partial charge in [0.1, 0.15) is 5.76 Å². The Morgan fingerprint density at radius 1 is 1.26 bits per heavy atom. The maximum absolute atomic E-state index is 12.0. The number of carbonyl (C=O) groups is 1. The van der Waals surface area contributed by atoms with Gasteiger partial charge < -0.3 is 9.73 Å². The number of sulfonamides is 1. The number of nitrogens with zero attached hydrogens (tertiary/aromatic N) is 1. The van der Waals surface area contributed by atoms with Gasteiger partial charge in [0.2, 0.25) is 15.9 Å². The largest absolute Gasteiger partial charge is 0.467 e. The minimum Gasteiger partial charge on any atom is -0.467 e. The summed E-state index contributed by atoms with van der Waals surface area (Å²) in [5, 5.41) is 2.64. The van der Waals surface area contributed by atoms with Crippen molar-refractivity contribution in [2.45, 2.75) is 13.1 Å². The molecule has 8 heteroatoms. The third-order valence-corrected chi connectivity index (χ3v) is 4.83. The molecule has 124 valence electrons. The Labute approximate surface area is 143 Å². The van der Waals surface area contributed by atoms with Crippen molar-refractivity contribution in [3.63, 3.8) is 0 Å². The predicted octanol–water partition coefficient (Wildman–Crippen LogP) is 2.12. The molecule has 6 nitrogen and oxygen atoms in total. The highest BCUT2D eigenvalue weighted by Gasteiger charge is 2.20. The van der Waals surface area contributed by atoms with Crippen LogP contribution in [0.4, 0.5) is 0 Å². The second-order valence-electron chi connectivity index (χ2n) is 5.01. The lowest BCUT2D eigenvalue weighted by Crippen LogP contribution is -2.39. The Kier molecular flexibility index (Phi) is 5.97. The van der Waals surface area contributed by atoms with E-state index >= 15 is 0 Å². The zero-order chi connectivity index (χ0) is 16.9. The quantitative estimate of drug-likeness (QED) is 0.771. The molecule has 0 fully saturated rings. The Balaban J connectivity index is 1.98. The van der Waals surface area contributed by atoms with Crippen LogP contribution < -0.4 is 5.32 Å². The molecule has 2 rings (SSSR count). The summed E-state index contributed by atoms with van der Waals surface area (Å²) in [5.41, 5.74) is 0.803. The van der Waals surface area contributed by atoms with Crippen LogP contribution in [-0.2, 0) is 27.9 Å². The second kappa shape index (κ2) is 7.76. The molecule has 0 unspecified atom stereocenters. The average molecular weight is 401 g/mol. The molecule has 23 heavy (non-hydrogen) atoms. The van der Waals surface area contributed by atoms with Crippen molar-refractivity contribution in [2.24, 2.45) is 0 Å². The Hall–Kier alpha value is -1.64. The second-order valence-corrected chi connectivity index (χ2v) is 7.91. The zero-order valence-corrected chi connectivity index (χ0v) is 14.9. The summed E-state index contributed by atoms with van der Waals surface area (Å²) in [6, 6.07) is 10.7. The number of hydrogen-bond donors (Lipinski definition) is 1. The Bertz CT molecular complexity index is 742.